The normalized spacial score (nSPS) is 10.6. The first kappa shape index (κ1) is 21.3. The van der Waals surface area contributed by atoms with Crippen LogP contribution in [0.5, 0.6) is 5.75 Å². The van der Waals surface area contributed by atoms with E-state index in [0.717, 1.165) is 6.20 Å². The topological polar surface area (TPSA) is 175 Å². The van der Waals surface area contributed by atoms with Crippen molar-refractivity contribution in [2.75, 3.05) is 5.32 Å². The summed E-state index contributed by atoms with van der Waals surface area (Å²) < 4.78 is 18.8. The number of aromatic amines is 1. The Morgan fingerprint density at radius 1 is 1.21 bits per heavy atom. The van der Waals surface area contributed by atoms with Gasteiger partial charge in [0.2, 0.25) is 0 Å². The van der Waals surface area contributed by atoms with E-state index in [2.05, 4.69) is 30.5 Å². The zero-order valence-electron chi connectivity index (χ0n) is 16.7. The van der Waals surface area contributed by atoms with E-state index in [4.69, 9.17) is 10.5 Å². The highest BCUT2D eigenvalue weighted by molar-refractivity contribution is 6.04. The van der Waals surface area contributed by atoms with Crippen LogP contribution in [0, 0.1) is 15.9 Å². The molecule has 0 atom stereocenters. The molecule has 0 fully saturated rings. The largest absolute Gasteiger partial charge is 0.486 e. The van der Waals surface area contributed by atoms with Crippen LogP contribution in [0.3, 0.4) is 0 Å². The van der Waals surface area contributed by atoms with Gasteiger partial charge in [-0.15, -0.1) is 0 Å². The lowest BCUT2D eigenvalue weighted by molar-refractivity contribution is -0.384. The van der Waals surface area contributed by atoms with Crippen molar-refractivity contribution in [2.45, 2.75) is 6.61 Å². The van der Waals surface area contributed by atoms with Crippen molar-refractivity contribution in [3.8, 4) is 17.0 Å². The minimum Gasteiger partial charge on any atom is -0.486 e. The number of nitrogens with one attached hydrogen (secondary N) is 2. The fourth-order valence-corrected chi connectivity index (χ4v) is 2.95. The Bertz CT molecular complexity index is 1310. The van der Waals surface area contributed by atoms with E-state index in [1.165, 1.54) is 48.9 Å². The fraction of sp³-hybridized carbons (Fsp3) is 0.0500. The van der Waals surface area contributed by atoms with Crippen molar-refractivity contribution in [3.05, 3.63) is 82.3 Å². The molecule has 3 heterocycles. The third-order valence-electron chi connectivity index (χ3n) is 4.43. The summed E-state index contributed by atoms with van der Waals surface area (Å²) in [4.78, 5) is 34.8. The van der Waals surface area contributed by atoms with E-state index in [9.17, 15) is 19.3 Å². The number of nitro groups is 1. The average Bonchev–Trinajstić information content (AvgIpc) is 3.22. The number of carbonyl (C=O) groups excluding carboxylic acids is 1. The molecule has 0 aliphatic rings. The molecule has 1 aromatic carbocycles. The Morgan fingerprint density at radius 2 is 2.06 bits per heavy atom. The molecule has 0 saturated heterocycles. The lowest BCUT2D eigenvalue weighted by Crippen LogP contribution is -2.14. The Balaban J connectivity index is 1.73. The molecule has 166 valence electrons. The summed E-state index contributed by atoms with van der Waals surface area (Å²) >= 11 is 0. The quantitative estimate of drug-likeness (QED) is 0.269. The number of carbonyl (C=O) groups is 1. The number of ether oxygens (including phenoxy) is 1. The molecule has 0 bridgehead atoms. The van der Waals surface area contributed by atoms with Gasteiger partial charge in [-0.1, -0.05) is 0 Å². The third-order valence-corrected chi connectivity index (χ3v) is 4.43. The number of amides is 1. The second-order valence-corrected chi connectivity index (χ2v) is 6.60. The van der Waals surface area contributed by atoms with Gasteiger partial charge in [-0.05, 0) is 18.2 Å². The molecule has 13 heteroatoms. The van der Waals surface area contributed by atoms with Gasteiger partial charge in [0.1, 0.15) is 29.6 Å². The second kappa shape index (κ2) is 9.05. The van der Waals surface area contributed by atoms with Crippen molar-refractivity contribution in [1.29, 1.82) is 0 Å². The van der Waals surface area contributed by atoms with Crippen molar-refractivity contribution in [3.63, 3.8) is 0 Å². The number of hydrogen-bond donors (Lipinski definition) is 3. The summed E-state index contributed by atoms with van der Waals surface area (Å²) in [5.41, 5.74) is 6.18. The van der Waals surface area contributed by atoms with Crippen LogP contribution in [0.4, 0.5) is 21.7 Å². The van der Waals surface area contributed by atoms with E-state index in [1.807, 2.05) is 0 Å². The van der Waals surface area contributed by atoms with Crippen LogP contribution >= 0.6 is 0 Å². The van der Waals surface area contributed by atoms with Crippen LogP contribution < -0.4 is 15.8 Å². The van der Waals surface area contributed by atoms with Gasteiger partial charge in [-0.25, -0.2) is 9.37 Å². The number of hydrogen-bond acceptors (Lipinski definition) is 9. The molecule has 1 amide bonds. The number of nitro benzene ring substituents is 1. The average molecular weight is 450 g/mol. The molecule has 0 unspecified atom stereocenters. The number of nitrogens with two attached hydrogens (primary N) is 1. The van der Waals surface area contributed by atoms with Gasteiger partial charge >= 0.3 is 0 Å². The predicted molar refractivity (Wildman–Crippen MR) is 113 cm³/mol. The summed E-state index contributed by atoms with van der Waals surface area (Å²) in [6.07, 6.45) is 5.38. The van der Waals surface area contributed by atoms with Crippen LogP contribution in [-0.4, -0.2) is 36.0 Å². The number of H-pyrrole nitrogens is 1. The number of pyridine rings is 1. The van der Waals surface area contributed by atoms with Crippen molar-refractivity contribution in [1.82, 2.24) is 25.1 Å². The van der Waals surface area contributed by atoms with Crippen molar-refractivity contribution >= 4 is 23.2 Å². The van der Waals surface area contributed by atoms with E-state index >= 15 is 0 Å². The lowest BCUT2D eigenvalue weighted by atomic mass is 10.1. The first-order valence-corrected chi connectivity index (χ1v) is 9.35. The summed E-state index contributed by atoms with van der Waals surface area (Å²) in [6.45, 7) is -0.112. The highest BCUT2D eigenvalue weighted by Gasteiger charge is 2.24. The van der Waals surface area contributed by atoms with Crippen molar-refractivity contribution in [2.24, 2.45) is 5.73 Å². The van der Waals surface area contributed by atoms with Gasteiger partial charge in [0.05, 0.1) is 34.8 Å². The Kier molecular flexibility index (Phi) is 5.84. The molecular formula is C20H15FN8O4. The minimum absolute atomic E-state index is 0.0146. The highest BCUT2D eigenvalue weighted by Crippen LogP contribution is 2.37. The maximum absolute atomic E-state index is 13.1. The summed E-state index contributed by atoms with van der Waals surface area (Å²) in [5, 5.41) is 20.9. The molecule has 0 aliphatic heterocycles. The van der Waals surface area contributed by atoms with E-state index in [0.29, 0.717) is 11.5 Å². The second-order valence-electron chi connectivity index (χ2n) is 6.60. The van der Waals surface area contributed by atoms with Crippen LogP contribution in [0.2, 0.25) is 0 Å². The molecule has 4 rings (SSSR count). The number of primary amides is 1. The van der Waals surface area contributed by atoms with Gasteiger partial charge in [0.15, 0.2) is 5.82 Å². The van der Waals surface area contributed by atoms with Crippen LogP contribution in [-0.2, 0) is 6.61 Å². The standard InChI is InChI=1S/C20H15FN8O4/c21-11-1-2-12(25-8-11)10-33-15-7-13(29(31)32)3-4-14(15)18-17(19(22)30)20(28-27-18)26-16-9-23-5-6-24-16/h1-9H,10H2,(H2,22,30)(H2,24,26,27,28). The molecule has 0 saturated carbocycles. The molecule has 3 aromatic heterocycles. The fourth-order valence-electron chi connectivity index (χ4n) is 2.95. The number of aromatic nitrogens is 5. The first-order chi connectivity index (χ1) is 15.9. The molecule has 4 aromatic rings. The van der Waals surface area contributed by atoms with Crippen LogP contribution in [0.25, 0.3) is 11.3 Å². The van der Waals surface area contributed by atoms with E-state index in [-0.39, 0.29) is 40.7 Å². The molecule has 4 N–H and O–H groups in total. The SMILES string of the molecule is NC(=O)c1c(Nc2cnccn2)n[nH]c1-c1ccc([N+](=O)[O-])cc1OCc1ccc(F)cn1. The lowest BCUT2D eigenvalue weighted by Gasteiger charge is -2.11. The molecule has 0 spiro atoms. The van der Waals surface area contributed by atoms with Gasteiger partial charge in [0, 0.05) is 24.0 Å². The molecule has 12 nitrogen and oxygen atoms in total. The third kappa shape index (κ3) is 4.71. The number of nitrogens with zero attached hydrogens (tertiary/aromatic N) is 5. The zero-order chi connectivity index (χ0) is 23.4. The van der Waals surface area contributed by atoms with Crippen LogP contribution in [0.15, 0.2) is 55.1 Å². The Hall–Kier alpha value is -4.94. The molecule has 33 heavy (non-hydrogen) atoms. The van der Waals surface area contributed by atoms with Gasteiger partial charge in [-0.3, -0.25) is 30.0 Å². The Labute approximate surface area is 184 Å². The maximum Gasteiger partial charge on any atom is 0.273 e. The monoisotopic (exact) mass is 450 g/mol. The maximum atomic E-state index is 13.1. The van der Waals surface area contributed by atoms with E-state index in [1.54, 1.807) is 0 Å². The minimum atomic E-state index is -0.811. The predicted octanol–water partition coefficient (Wildman–Crippen LogP) is 2.73. The number of anilines is 2. The summed E-state index contributed by atoms with van der Waals surface area (Å²) in [6, 6.07) is 6.47. The highest BCUT2D eigenvalue weighted by atomic mass is 19.1. The summed E-state index contributed by atoms with van der Waals surface area (Å²) in [7, 11) is 0. The Morgan fingerprint density at radius 3 is 2.73 bits per heavy atom. The summed E-state index contributed by atoms with van der Waals surface area (Å²) in [5.74, 6) is -0.855. The number of rotatable bonds is 8. The van der Waals surface area contributed by atoms with Gasteiger partial charge in [-0.2, -0.15) is 5.10 Å². The number of halogens is 1. The number of benzene rings is 1. The van der Waals surface area contributed by atoms with E-state index < -0.39 is 16.6 Å². The smallest absolute Gasteiger partial charge is 0.273 e. The van der Waals surface area contributed by atoms with Gasteiger partial charge < -0.3 is 15.8 Å². The molecule has 0 aliphatic carbocycles. The zero-order valence-corrected chi connectivity index (χ0v) is 16.7. The van der Waals surface area contributed by atoms with Crippen molar-refractivity contribution < 1.29 is 18.8 Å². The van der Waals surface area contributed by atoms with Crippen LogP contribution in [0.1, 0.15) is 16.1 Å². The molecular weight excluding hydrogens is 435 g/mol. The van der Waals surface area contributed by atoms with Gasteiger partial charge in [0.25, 0.3) is 11.6 Å². The first-order valence-electron chi connectivity index (χ1n) is 9.35. The number of non-ortho nitro benzene ring substituents is 1. The molecule has 0 radical (unpaired) electrons.